The van der Waals surface area contributed by atoms with Gasteiger partial charge in [-0.15, -0.1) is 0 Å². The van der Waals surface area contributed by atoms with Gasteiger partial charge in [0.05, 0.1) is 23.9 Å². The van der Waals surface area contributed by atoms with Crippen molar-refractivity contribution in [1.29, 1.82) is 0 Å². The molecular formula is C32H54O4. The van der Waals surface area contributed by atoms with Crippen LogP contribution in [0.1, 0.15) is 112 Å². The lowest BCUT2D eigenvalue weighted by Gasteiger charge is -2.45. The average molecular weight is 503 g/mol. The minimum Gasteiger partial charge on any atom is -0.393 e. The van der Waals surface area contributed by atoms with Gasteiger partial charge >= 0.3 is 0 Å². The number of fused-ring (bicyclic) bond motifs is 1. The minimum atomic E-state index is -0.629. The summed E-state index contributed by atoms with van der Waals surface area (Å²) in [4.78, 5) is 0. The molecule has 3 fully saturated rings. The number of hydrogen-bond acceptors (Lipinski definition) is 4. The van der Waals surface area contributed by atoms with E-state index >= 15 is 0 Å². The summed E-state index contributed by atoms with van der Waals surface area (Å²) >= 11 is 0. The van der Waals surface area contributed by atoms with Crippen LogP contribution in [0.5, 0.6) is 0 Å². The fraction of sp³-hybridized carbons (Fsp3) is 0.812. The normalized spacial score (nSPS) is 35.3. The van der Waals surface area contributed by atoms with Crippen molar-refractivity contribution in [2.45, 2.75) is 136 Å². The standard InChI is InChI=1S/C32H54O4/c1-7-30(36-19-11-18-32(35,8-2)9-3)23(5)27-15-16-28-24(12-10-17-31(27,28)6)13-14-25-20-26(33)21-29(34)22(25)4/h13-14,23,26-30,33-35H,4,7-12,15-21H2,1-3,5-6H3/b24-13+,25-14-/t23-,26-,27-,28+,29+,30+,31-/m1/s1. The van der Waals surface area contributed by atoms with Crippen LogP contribution in [0, 0.1) is 23.2 Å². The van der Waals surface area contributed by atoms with Crippen molar-refractivity contribution < 1.29 is 20.1 Å². The summed E-state index contributed by atoms with van der Waals surface area (Å²) in [5.74, 6) is 1.77. The van der Waals surface area contributed by atoms with E-state index in [2.05, 4.69) is 53.3 Å². The molecule has 0 unspecified atom stereocenters. The van der Waals surface area contributed by atoms with Crippen molar-refractivity contribution >= 4 is 0 Å². The molecule has 0 aromatic carbocycles. The molecule has 7 atom stereocenters. The Hall–Kier alpha value is -0.940. The first-order valence-electron chi connectivity index (χ1n) is 14.9. The fourth-order valence-corrected chi connectivity index (χ4v) is 7.75. The molecule has 4 nitrogen and oxygen atoms in total. The van der Waals surface area contributed by atoms with Crippen molar-refractivity contribution in [2.24, 2.45) is 23.2 Å². The minimum absolute atomic E-state index is 0.270. The largest absolute Gasteiger partial charge is 0.393 e. The molecule has 3 N–H and O–H groups in total. The summed E-state index contributed by atoms with van der Waals surface area (Å²) in [6, 6.07) is 0. The maximum atomic E-state index is 10.6. The van der Waals surface area contributed by atoms with Crippen LogP contribution >= 0.6 is 0 Å². The molecular weight excluding hydrogens is 448 g/mol. The van der Waals surface area contributed by atoms with E-state index < -0.39 is 17.8 Å². The third-order valence-electron chi connectivity index (χ3n) is 10.4. The second kappa shape index (κ2) is 12.7. The lowest BCUT2D eigenvalue weighted by atomic mass is 9.60. The molecule has 0 aliphatic heterocycles. The Morgan fingerprint density at radius 1 is 1.17 bits per heavy atom. The molecule has 3 aliphatic carbocycles. The molecule has 4 heteroatoms. The van der Waals surface area contributed by atoms with E-state index in [0.29, 0.717) is 36.0 Å². The first-order valence-corrected chi connectivity index (χ1v) is 14.9. The summed E-state index contributed by atoms with van der Waals surface area (Å²) in [5.41, 5.74) is 3.07. The number of aliphatic hydroxyl groups excluding tert-OH is 2. The van der Waals surface area contributed by atoms with Gasteiger partial charge < -0.3 is 20.1 Å². The molecule has 0 radical (unpaired) electrons. The smallest absolute Gasteiger partial charge is 0.0811 e. The zero-order valence-corrected chi connectivity index (χ0v) is 23.8. The van der Waals surface area contributed by atoms with E-state index in [1.807, 2.05) is 0 Å². The van der Waals surface area contributed by atoms with E-state index in [1.165, 1.54) is 25.7 Å². The first-order chi connectivity index (χ1) is 17.1. The van der Waals surface area contributed by atoms with Gasteiger partial charge in [-0.3, -0.25) is 0 Å². The lowest BCUT2D eigenvalue weighted by molar-refractivity contribution is -0.0411. The van der Waals surface area contributed by atoms with Gasteiger partial charge in [0, 0.05) is 13.0 Å². The van der Waals surface area contributed by atoms with Crippen molar-refractivity contribution in [1.82, 2.24) is 0 Å². The Morgan fingerprint density at radius 2 is 1.89 bits per heavy atom. The highest BCUT2D eigenvalue weighted by Crippen LogP contribution is 2.60. The van der Waals surface area contributed by atoms with Gasteiger partial charge in [-0.1, -0.05) is 58.9 Å². The van der Waals surface area contributed by atoms with Gasteiger partial charge in [-0.25, -0.2) is 0 Å². The molecule has 0 heterocycles. The summed E-state index contributed by atoms with van der Waals surface area (Å²) in [6.45, 7) is 16.1. The summed E-state index contributed by atoms with van der Waals surface area (Å²) in [6.07, 6.45) is 15.1. The molecule has 0 saturated heterocycles. The molecule has 36 heavy (non-hydrogen) atoms. The first kappa shape index (κ1) is 29.6. The van der Waals surface area contributed by atoms with Crippen LogP contribution in [-0.2, 0) is 4.74 Å². The number of aliphatic hydroxyl groups is 3. The second-order valence-corrected chi connectivity index (χ2v) is 12.4. The molecule has 0 aromatic rings. The van der Waals surface area contributed by atoms with Crippen molar-refractivity contribution in [2.75, 3.05) is 6.61 Å². The van der Waals surface area contributed by atoms with Crippen LogP contribution in [-0.4, -0.2) is 45.8 Å². The molecule has 3 aliphatic rings. The highest BCUT2D eigenvalue weighted by atomic mass is 16.5. The second-order valence-electron chi connectivity index (χ2n) is 12.4. The van der Waals surface area contributed by atoms with Gasteiger partial charge in [-0.05, 0) is 105 Å². The van der Waals surface area contributed by atoms with Crippen LogP contribution in [0.25, 0.3) is 0 Å². The molecule has 3 saturated carbocycles. The molecule has 0 aromatic heterocycles. The third kappa shape index (κ3) is 6.54. The molecule has 206 valence electrons. The maximum Gasteiger partial charge on any atom is 0.0811 e. The average Bonchev–Trinajstić information content (AvgIpc) is 3.22. The van der Waals surface area contributed by atoms with Gasteiger partial charge in [0.25, 0.3) is 0 Å². The monoisotopic (exact) mass is 502 g/mol. The summed E-state index contributed by atoms with van der Waals surface area (Å²) < 4.78 is 6.47. The van der Waals surface area contributed by atoms with Crippen LogP contribution in [0.4, 0.5) is 0 Å². The zero-order chi connectivity index (χ0) is 26.5. The Labute approximate surface area is 220 Å². The summed E-state index contributed by atoms with van der Waals surface area (Å²) in [5, 5.41) is 30.9. The molecule has 0 spiro atoms. The van der Waals surface area contributed by atoms with E-state index in [0.717, 1.165) is 56.3 Å². The van der Waals surface area contributed by atoms with Crippen LogP contribution in [0.15, 0.2) is 35.5 Å². The topological polar surface area (TPSA) is 69.9 Å². The Kier molecular flexibility index (Phi) is 10.5. The number of hydrogen-bond donors (Lipinski definition) is 3. The van der Waals surface area contributed by atoms with E-state index in [4.69, 9.17) is 4.74 Å². The van der Waals surface area contributed by atoms with Crippen molar-refractivity contribution in [3.8, 4) is 0 Å². The van der Waals surface area contributed by atoms with Gasteiger partial charge in [-0.2, -0.15) is 0 Å². The van der Waals surface area contributed by atoms with Crippen LogP contribution in [0.2, 0.25) is 0 Å². The highest BCUT2D eigenvalue weighted by molar-refractivity contribution is 5.38. The number of allylic oxidation sites excluding steroid dienone is 3. The third-order valence-corrected chi connectivity index (χ3v) is 10.4. The van der Waals surface area contributed by atoms with E-state index in [1.54, 1.807) is 5.57 Å². The zero-order valence-electron chi connectivity index (χ0n) is 23.8. The predicted molar refractivity (Wildman–Crippen MR) is 149 cm³/mol. The Balaban J connectivity index is 1.66. The lowest BCUT2D eigenvalue weighted by Crippen LogP contribution is -2.40. The number of rotatable bonds is 11. The van der Waals surface area contributed by atoms with Gasteiger partial charge in [0.1, 0.15) is 0 Å². The summed E-state index contributed by atoms with van der Waals surface area (Å²) in [7, 11) is 0. The maximum absolute atomic E-state index is 10.6. The molecule has 3 rings (SSSR count). The fourth-order valence-electron chi connectivity index (χ4n) is 7.75. The Bertz CT molecular complexity index is 794. The van der Waals surface area contributed by atoms with Crippen molar-refractivity contribution in [3.05, 3.63) is 35.5 Å². The van der Waals surface area contributed by atoms with E-state index in [9.17, 15) is 15.3 Å². The van der Waals surface area contributed by atoms with Crippen LogP contribution < -0.4 is 0 Å². The molecule has 0 amide bonds. The molecule has 0 bridgehead atoms. The highest BCUT2D eigenvalue weighted by Gasteiger charge is 2.51. The predicted octanol–water partition coefficient (Wildman–Crippen LogP) is 6.89. The van der Waals surface area contributed by atoms with Gasteiger partial charge in [0.15, 0.2) is 0 Å². The SMILES string of the molecule is C=C1/C(=C\C=C2/CCC[C@]3(C)[C@@H]([C@@H](C)[C@H](CC)OCCCC(O)(CC)CC)CC[C@@H]23)C[C@@H](O)C[C@@H]1O. The van der Waals surface area contributed by atoms with E-state index in [-0.39, 0.29) is 6.10 Å². The van der Waals surface area contributed by atoms with Gasteiger partial charge in [0.2, 0.25) is 0 Å². The quantitative estimate of drug-likeness (QED) is 0.269. The van der Waals surface area contributed by atoms with Crippen molar-refractivity contribution in [3.63, 3.8) is 0 Å². The Morgan fingerprint density at radius 3 is 2.56 bits per heavy atom. The van der Waals surface area contributed by atoms with Crippen LogP contribution in [0.3, 0.4) is 0 Å². The number of ether oxygens (including phenoxy) is 1.